The molecule has 2 amide bonds. The fourth-order valence-corrected chi connectivity index (χ4v) is 6.92. The number of thiol groups is 1. The van der Waals surface area contributed by atoms with Crippen LogP contribution in [-0.4, -0.2) is 55.7 Å². The number of aliphatic carboxylic acids is 2. The van der Waals surface area contributed by atoms with E-state index in [4.69, 9.17) is 0 Å². The minimum absolute atomic E-state index is 0.00243. The van der Waals surface area contributed by atoms with Gasteiger partial charge in [0.25, 0.3) is 0 Å². The Balaban J connectivity index is 1.73. The number of aromatic nitrogens is 2. The lowest BCUT2D eigenvalue weighted by Crippen LogP contribution is -2.30. The first kappa shape index (κ1) is 33.2. The number of hydrogen-bond acceptors (Lipinski definition) is 5. The lowest BCUT2D eigenvalue weighted by atomic mass is 9.92. The number of carbonyl (C=O) groups excluding carboxylic acids is 2. The Morgan fingerprint density at radius 1 is 0.909 bits per heavy atom. The number of carboxylic acid groups (broad SMARTS) is 2. The van der Waals surface area contributed by atoms with Gasteiger partial charge in [-0.15, -0.1) is 0 Å². The highest BCUT2D eigenvalue weighted by atomic mass is 32.1. The molecule has 44 heavy (non-hydrogen) atoms. The fraction of sp³-hybridized carbons (Fsp3) is 0.515. The molecule has 6 N–H and O–H groups in total. The summed E-state index contributed by atoms with van der Waals surface area (Å²) in [5, 5.41) is 25.0. The molecule has 0 saturated carbocycles. The summed E-state index contributed by atoms with van der Waals surface area (Å²) in [5.41, 5.74) is 9.82. The van der Waals surface area contributed by atoms with Crippen LogP contribution in [0, 0.1) is 25.7 Å². The molecule has 2 aromatic heterocycles. The molecule has 238 valence electrons. The van der Waals surface area contributed by atoms with Crippen LogP contribution >= 0.6 is 12.6 Å². The van der Waals surface area contributed by atoms with E-state index >= 15 is 0 Å². The second kappa shape index (κ2) is 13.9. The van der Waals surface area contributed by atoms with Crippen LogP contribution in [0.1, 0.15) is 91.5 Å². The van der Waals surface area contributed by atoms with Crippen LogP contribution in [-0.2, 0) is 44.9 Å². The number of H-pyrrole nitrogens is 2. The molecule has 0 radical (unpaired) electrons. The van der Waals surface area contributed by atoms with Gasteiger partial charge in [0, 0.05) is 71.6 Å². The van der Waals surface area contributed by atoms with Crippen LogP contribution in [0.25, 0.3) is 6.08 Å². The Morgan fingerprint density at radius 3 is 2.11 bits per heavy atom. The van der Waals surface area contributed by atoms with Gasteiger partial charge in [-0.25, -0.2) is 0 Å². The predicted molar refractivity (Wildman–Crippen MR) is 172 cm³/mol. The third kappa shape index (κ3) is 6.98. The normalized spacial score (nSPS) is 21.0. The van der Waals surface area contributed by atoms with Gasteiger partial charge < -0.3 is 30.8 Å². The molecule has 4 rings (SSSR count). The Kier molecular flexibility index (Phi) is 10.5. The first-order valence-corrected chi connectivity index (χ1v) is 16.0. The Labute approximate surface area is 263 Å². The maximum atomic E-state index is 12.6. The number of carboxylic acids is 2. The lowest BCUT2D eigenvalue weighted by molar-refractivity contribution is -0.138. The van der Waals surface area contributed by atoms with Crippen molar-refractivity contribution in [2.45, 2.75) is 92.0 Å². The van der Waals surface area contributed by atoms with Gasteiger partial charge in [-0.05, 0) is 86.1 Å². The number of carbonyl (C=O) groups is 4. The highest BCUT2D eigenvalue weighted by Gasteiger charge is 2.34. The van der Waals surface area contributed by atoms with Gasteiger partial charge in [0.15, 0.2) is 0 Å². The molecule has 1 fully saturated rings. The van der Waals surface area contributed by atoms with E-state index in [0.29, 0.717) is 37.9 Å². The van der Waals surface area contributed by atoms with Crippen molar-refractivity contribution in [2.24, 2.45) is 11.8 Å². The van der Waals surface area contributed by atoms with Crippen molar-refractivity contribution in [2.75, 3.05) is 5.75 Å². The van der Waals surface area contributed by atoms with E-state index in [2.05, 4.69) is 40.2 Å². The minimum atomic E-state index is -0.890. The van der Waals surface area contributed by atoms with Gasteiger partial charge in [-0.1, -0.05) is 13.8 Å². The zero-order chi connectivity index (χ0) is 32.3. The molecule has 0 aliphatic carbocycles. The van der Waals surface area contributed by atoms with Crippen molar-refractivity contribution in [3.05, 3.63) is 61.9 Å². The minimum Gasteiger partial charge on any atom is -0.481 e. The molecular weight excluding hydrogens is 580 g/mol. The second-order valence-electron chi connectivity index (χ2n) is 12.0. The van der Waals surface area contributed by atoms with Crippen molar-refractivity contribution in [1.82, 2.24) is 20.6 Å². The molecular formula is C33H44N4O6S. The van der Waals surface area contributed by atoms with Crippen LogP contribution in [0.4, 0.5) is 0 Å². The fourth-order valence-electron chi connectivity index (χ4n) is 6.69. The van der Waals surface area contributed by atoms with Crippen LogP contribution in [0.3, 0.4) is 0 Å². The summed E-state index contributed by atoms with van der Waals surface area (Å²) in [7, 11) is 0. The van der Waals surface area contributed by atoms with E-state index in [1.54, 1.807) is 0 Å². The molecule has 11 heteroatoms. The lowest BCUT2D eigenvalue weighted by Gasteiger charge is -2.12. The van der Waals surface area contributed by atoms with Gasteiger partial charge in [0.2, 0.25) is 11.8 Å². The Bertz CT molecular complexity index is 1530. The molecule has 0 aromatic carbocycles. The Morgan fingerprint density at radius 2 is 1.52 bits per heavy atom. The third-order valence-electron chi connectivity index (χ3n) is 9.38. The van der Waals surface area contributed by atoms with Crippen molar-refractivity contribution < 1.29 is 29.4 Å². The second-order valence-corrected chi connectivity index (χ2v) is 12.5. The van der Waals surface area contributed by atoms with E-state index in [1.165, 1.54) is 0 Å². The molecule has 4 heterocycles. The van der Waals surface area contributed by atoms with Crippen LogP contribution < -0.4 is 10.6 Å². The maximum Gasteiger partial charge on any atom is 0.303 e. The highest BCUT2D eigenvalue weighted by molar-refractivity contribution is 7.80. The summed E-state index contributed by atoms with van der Waals surface area (Å²) in [6.07, 6.45) is 4.96. The van der Waals surface area contributed by atoms with E-state index in [-0.39, 0.29) is 42.5 Å². The molecule has 0 unspecified atom stereocenters. The summed E-state index contributed by atoms with van der Waals surface area (Å²) >= 11 is 4.29. The molecule has 3 atom stereocenters. The van der Waals surface area contributed by atoms with E-state index in [9.17, 15) is 29.4 Å². The standard InChI is InChI=1S/C33H44N4O6S/c1-6-20-19(5)32(42)37-27(20)14-25-17(3)22(8-10-31(40)41)29(35-25)15-28-21(7-9-30(38)39)16(2)24(34-28)13-26-18(4)23(11-12-44)33(43)36-26/h14,19-20,26,34-35,44H,6-13,15H2,1-5H3,(H,36,43)(H,37,42)(H,38,39)(H,40,41)/b27-14-/t19-,20-,26-/m1/s1. The van der Waals surface area contributed by atoms with Crippen molar-refractivity contribution in [3.63, 3.8) is 0 Å². The monoisotopic (exact) mass is 624 g/mol. The topological polar surface area (TPSA) is 164 Å². The molecule has 0 bridgehead atoms. The van der Waals surface area contributed by atoms with Crippen molar-refractivity contribution in [3.8, 4) is 0 Å². The molecule has 0 spiro atoms. The average Bonchev–Trinajstić information content (AvgIpc) is 3.60. The molecule has 2 aromatic rings. The van der Waals surface area contributed by atoms with Gasteiger partial charge in [-0.3, -0.25) is 19.2 Å². The number of rotatable bonds is 14. The maximum absolute atomic E-state index is 12.6. The molecule has 1 saturated heterocycles. The number of aromatic amines is 2. The van der Waals surface area contributed by atoms with Crippen molar-refractivity contribution >= 4 is 42.5 Å². The van der Waals surface area contributed by atoms with Crippen molar-refractivity contribution in [1.29, 1.82) is 0 Å². The molecule has 2 aliphatic rings. The van der Waals surface area contributed by atoms with Crippen LogP contribution in [0.5, 0.6) is 0 Å². The third-order valence-corrected chi connectivity index (χ3v) is 9.60. The zero-order valence-corrected chi connectivity index (χ0v) is 27.0. The van der Waals surface area contributed by atoms with E-state index in [0.717, 1.165) is 68.3 Å². The van der Waals surface area contributed by atoms with Gasteiger partial charge in [-0.2, -0.15) is 12.6 Å². The summed E-state index contributed by atoms with van der Waals surface area (Å²) < 4.78 is 0. The molecule has 10 nitrogen and oxygen atoms in total. The van der Waals surface area contributed by atoms with Gasteiger partial charge in [0.1, 0.15) is 0 Å². The SMILES string of the molecule is CC[C@H]1/C(=C/c2[nH]c(Cc3[nH]c(C[C@H]4NC(=O)C(CCS)=C4C)c(C)c3CCC(=O)O)c(CCC(=O)O)c2C)NC(=O)[C@@H]1C. The summed E-state index contributed by atoms with van der Waals surface area (Å²) in [6, 6.07) is -0.164. The van der Waals surface area contributed by atoms with E-state index < -0.39 is 11.9 Å². The van der Waals surface area contributed by atoms with Gasteiger partial charge >= 0.3 is 11.9 Å². The number of nitrogens with one attached hydrogen (secondary N) is 4. The summed E-state index contributed by atoms with van der Waals surface area (Å²) in [6.45, 7) is 9.89. The average molecular weight is 625 g/mol. The number of hydrogen-bond donors (Lipinski definition) is 7. The summed E-state index contributed by atoms with van der Waals surface area (Å²) in [4.78, 5) is 55.2. The summed E-state index contributed by atoms with van der Waals surface area (Å²) in [5.74, 6) is -1.31. The van der Waals surface area contributed by atoms with Gasteiger partial charge in [0.05, 0.1) is 6.04 Å². The quantitative estimate of drug-likeness (QED) is 0.154. The predicted octanol–water partition coefficient (Wildman–Crippen LogP) is 4.40. The number of allylic oxidation sites excluding steroid dienone is 1. The van der Waals surface area contributed by atoms with E-state index in [1.807, 2.05) is 33.8 Å². The largest absolute Gasteiger partial charge is 0.481 e. The Hall–Kier alpha value is -3.73. The number of amides is 2. The van der Waals surface area contributed by atoms with Crippen LogP contribution in [0.2, 0.25) is 0 Å². The zero-order valence-electron chi connectivity index (χ0n) is 26.1. The molecule has 2 aliphatic heterocycles. The first-order chi connectivity index (χ1) is 20.9. The smallest absolute Gasteiger partial charge is 0.303 e. The first-order valence-electron chi connectivity index (χ1n) is 15.3. The highest BCUT2D eigenvalue weighted by Crippen LogP contribution is 2.33. The van der Waals surface area contributed by atoms with Crippen LogP contribution in [0.15, 0.2) is 16.8 Å².